The van der Waals surface area contributed by atoms with Gasteiger partial charge in [-0.1, -0.05) is 32.0 Å². The molecule has 0 bridgehead atoms. The summed E-state index contributed by atoms with van der Waals surface area (Å²) < 4.78 is 0. The van der Waals surface area contributed by atoms with E-state index in [4.69, 9.17) is 11.6 Å². The molecule has 0 aliphatic heterocycles. The van der Waals surface area contributed by atoms with Crippen LogP contribution in [-0.4, -0.2) is 13.1 Å². The Morgan fingerprint density at radius 1 is 1.07 bits per heavy atom. The Morgan fingerprint density at radius 2 is 1.67 bits per heavy atom. The van der Waals surface area contributed by atoms with Crippen LogP contribution in [0.3, 0.4) is 0 Å². The highest BCUT2D eigenvalue weighted by Crippen LogP contribution is 2.22. The third-order valence-electron chi connectivity index (χ3n) is 2.46. The molecule has 84 valence electrons. The number of benzene rings is 1. The minimum Gasteiger partial charge on any atom is -0.371 e. The molecule has 15 heavy (non-hydrogen) atoms. The molecular weight excluding hydrogens is 206 g/mol. The zero-order chi connectivity index (χ0) is 11.1. The number of nitrogens with zero attached hydrogens (tertiary/aromatic N) is 1. The molecule has 1 nitrogen and oxygen atoms in total. The molecular formula is C13H20ClN. The van der Waals surface area contributed by atoms with Crippen molar-refractivity contribution >= 4 is 17.3 Å². The first-order valence-electron chi connectivity index (χ1n) is 5.72. The van der Waals surface area contributed by atoms with Crippen molar-refractivity contribution in [2.24, 2.45) is 0 Å². The first-order chi connectivity index (χ1) is 7.33. The number of halogens is 1. The largest absolute Gasteiger partial charge is 0.371 e. The second kappa shape index (κ2) is 6.73. The summed E-state index contributed by atoms with van der Waals surface area (Å²) in [5.74, 6) is 0.597. The van der Waals surface area contributed by atoms with E-state index >= 15 is 0 Å². The minimum atomic E-state index is 0.597. The Morgan fingerprint density at radius 3 is 2.20 bits per heavy atom. The van der Waals surface area contributed by atoms with Crippen molar-refractivity contribution in [2.45, 2.75) is 32.6 Å². The van der Waals surface area contributed by atoms with Crippen LogP contribution in [0.4, 0.5) is 5.69 Å². The molecule has 0 saturated heterocycles. The lowest BCUT2D eigenvalue weighted by atomic mass is 10.1. The van der Waals surface area contributed by atoms with E-state index in [1.165, 1.54) is 24.1 Å². The summed E-state index contributed by atoms with van der Waals surface area (Å²) in [5.41, 5.74) is 2.54. The molecule has 1 aromatic rings. The molecule has 0 atom stereocenters. The van der Waals surface area contributed by atoms with Gasteiger partial charge in [0.05, 0.1) is 0 Å². The van der Waals surface area contributed by atoms with Crippen molar-refractivity contribution in [3.8, 4) is 0 Å². The van der Waals surface area contributed by atoms with Crippen LogP contribution >= 0.6 is 11.6 Å². The van der Waals surface area contributed by atoms with Crippen LogP contribution in [0.1, 0.15) is 32.3 Å². The number of hydrogen-bond donors (Lipinski definition) is 0. The van der Waals surface area contributed by atoms with Gasteiger partial charge in [-0.25, -0.2) is 0 Å². The molecule has 1 rings (SSSR count). The van der Waals surface area contributed by atoms with E-state index in [-0.39, 0.29) is 0 Å². The van der Waals surface area contributed by atoms with Gasteiger partial charge in [-0.15, -0.1) is 11.6 Å². The van der Waals surface area contributed by atoms with Gasteiger partial charge in [0.15, 0.2) is 0 Å². The van der Waals surface area contributed by atoms with Gasteiger partial charge in [-0.2, -0.15) is 0 Å². The van der Waals surface area contributed by atoms with Crippen LogP contribution in [0.2, 0.25) is 0 Å². The van der Waals surface area contributed by atoms with Gasteiger partial charge in [-0.05, 0) is 24.5 Å². The Hall–Kier alpha value is -0.690. The lowest BCUT2D eigenvalue weighted by Crippen LogP contribution is -2.25. The molecule has 0 spiro atoms. The minimum absolute atomic E-state index is 0.597. The maximum absolute atomic E-state index is 5.95. The lowest BCUT2D eigenvalue weighted by molar-refractivity contribution is 0.742. The van der Waals surface area contributed by atoms with Crippen molar-refractivity contribution in [3.63, 3.8) is 0 Å². The Balaban J connectivity index is 2.88. The summed E-state index contributed by atoms with van der Waals surface area (Å²) in [4.78, 5) is 2.43. The highest BCUT2D eigenvalue weighted by Gasteiger charge is 2.07. The molecule has 0 aromatic heterocycles. The number of para-hydroxylation sites is 1. The Kier molecular flexibility index (Phi) is 5.56. The quantitative estimate of drug-likeness (QED) is 0.661. The summed E-state index contributed by atoms with van der Waals surface area (Å²) in [7, 11) is 0. The van der Waals surface area contributed by atoms with Gasteiger partial charge in [0.2, 0.25) is 0 Å². The molecule has 0 aliphatic rings. The van der Waals surface area contributed by atoms with E-state index in [9.17, 15) is 0 Å². The first-order valence-corrected chi connectivity index (χ1v) is 6.25. The van der Waals surface area contributed by atoms with Crippen LogP contribution in [0, 0.1) is 0 Å². The maximum atomic E-state index is 5.95. The molecule has 0 saturated carbocycles. The van der Waals surface area contributed by atoms with Crippen molar-refractivity contribution in [3.05, 3.63) is 29.8 Å². The van der Waals surface area contributed by atoms with E-state index in [0.29, 0.717) is 5.88 Å². The Bertz CT molecular complexity index is 280. The fourth-order valence-electron chi connectivity index (χ4n) is 1.82. The molecule has 0 unspecified atom stereocenters. The van der Waals surface area contributed by atoms with E-state index < -0.39 is 0 Å². The summed E-state index contributed by atoms with van der Waals surface area (Å²) in [6, 6.07) is 8.42. The van der Waals surface area contributed by atoms with Crippen molar-refractivity contribution in [1.82, 2.24) is 0 Å². The molecule has 1 aromatic carbocycles. The van der Waals surface area contributed by atoms with Gasteiger partial charge >= 0.3 is 0 Å². The average Bonchev–Trinajstić information content (AvgIpc) is 2.29. The maximum Gasteiger partial charge on any atom is 0.0494 e. The van der Waals surface area contributed by atoms with Gasteiger partial charge in [0.1, 0.15) is 0 Å². The Labute approximate surface area is 98.0 Å². The number of anilines is 1. The highest BCUT2D eigenvalue weighted by atomic mass is 35.5. The molecule has 0 fully saturated rings. The summed E-state index contributed by atoms with van der Waals surface area (Å²) in [6.45, 7) is 6.65. The molecule has 2 heteroatoms. The van der Waals surface area contributed by atoms with E-state index in [1.54, 1.807) is 0 Å². The second-order valence-corrected chi connectivity index (χ2v) is 4.02. The fraction of sp³-hybridized carbons (Fsp3) is 0.538. The highest BCUT2D eigenvalue weighted by molar-refractivity contribution is 6.17. The lowest BCUT2D eigenvalue weighted by Gasteiger charge is -2.25. The monoisotopic (exact) mass is 225 g/mol. The van der Waals surface area contributed by atoms with Crippen LogP contribution in [0.5, 0.6) is 0 Å². The number of alkyl halides is 1. The normalized spacial score (nSPS) is 10.3. The van der Waals surface area contributed by atoms with Gasteiger partial charge in [0.25, 0.3) is 0 Å². The van der Waals surface area contributed by atoms with E-state index in [2.05, 4.69) is 43.0 Å². The molecule has 0 heterocycles. The van der Waals surface area contributed by atoms with Crippen molar-refractivity contribution in [1.29, 1.82) is 0 Å². The average molecular weight is 226 g/mol. The van der Waals surface area contributed by atoms with Gasteiger partial charge < -0.3 is 4.90 Å². The molecule has 0 radical (unpaired) electrons. The van der Waals surface area contributed by atoms with Crippen LogP contribution in [-0.2, 0) is 5.88 Å². The zero-order valence-corrected chi connectivity index (χ0v) is 10.4. The van der Waals surface area contributed by atoms with Crippen molar-refractivity contribution in [2.75, 3.05) is 18.0 Å². The van der Waals surface area contributed by atoms with Crippen molar-refractivity contribution < 1.29 is 0 Å². The predicted octanol–water partition coefficient (Wildman–Crippen LogP) is 4.05. The molecule has 0 amide bonds. The third-order valence-corrected chi connectivity index (χ3v) is 2.75. The number of hydrogen-bond acceptors (Lipinski definition) is 1. The van der Waals surface area contributed by atoms with Crippen LogP contribution < -0.4 is 4.90 Å². The van der Waals surface area contributed by atoms with Gasteiger partial charge in [-0.3, -0.25) is 0 Å². The van der Waals surface area contributed by atoms with Crippen LogP contribution in [0.25, 0.3) is 0 Å². The zero-order valence-electron chi connectivity index (χ0n) is 9.67. The van der Waals surface area contributed by atoms with E-state index in [0.717, 1.165) is 13.1 Å². The molecule has 0 N–H and O–H groups in total. The smallest absolute Gasteiger partial charge is 0.0494 e. The third kappa shape index (κ3) is 3.42. The fourth-order valence-corrected chi connectivity index (χ4v) is 2.05. The standard InChI is InChI=1S/C13H20ClN/c1-3-9-15(10-4-2)13-8-6-5-7-12(13)11-14/h5-8H,3-4,9-11H2,1-2H3. The first kappa shape index (κ1) is 12.4. The summed E-state index contributed by atoms with van der Waals surface area (Å²) >= 11 is 5.95. The number of rotatable bonds is 6. The topological polar surface area (TPSA) is 3.24 Å². The van der Waals surface area contributed by atoms with E-state index in [1.807, 2.05) is 0 Å². The predicted molar refractivity (Wildman–Crippen MR) is 68.8 cm³/mol. The van der Waals surface area contributed by atoms with Gasteiger partial charge in [0, 0.05) is 24.7 Å². The second-order valence-electron chi connectivity index (χ2n) is 3.75. The summed E-state index contributed by atoms with van der Waals surface area (Å²) in [5, 5.41) is 0. The molecule has 0 aliphatic carbocycles. The SMILES string of the molecule is CCCN(CCC)c1ccccc1CCl. The summed E-state index contributed by atoms with van der Waals surface area (Å²) in [6.07, 6.45) is 2.35. The van der Waals surface area contributed by atoms with Crippen LogP contribution in [0.15, 0.2) is 24.3 Å².